The van der Waals surface area contributed by atoms with E-state index in [1.165, 1.54) is 17.7 Å². The lowest BCUT2D eigenvalue weighted by atomic mass is 10.0. The topological polar surface area (TPSA) is 67.6 Å². The van der Waals surface area contributed by atoms with Gasteiger partial charge in [-0.25, -0.2) is 0 Å². The predicted octanol–water partition coefficient (Wildman–Crippen LogP) is 3.91. The summed E-state index contributed by atoms with van der Waals surface area (Å²) in [5.74, 6) is 0. The number of nitrogens with one attached hydrogen (secondary N) is 1. The minimum atomic E-state index is -0.365. The van der Waals surface area contributed by atoms with Crippen LogP contribution in [0.3, 0.4) is 0 Å². The summed E-state index contributed by atoms with van der Waals surface area (Å²) in [4.78, 5) is 15.4. The Kier molecular flexibility index (Phi) is 7.34. The maximum atomic E-state index is 10.8. The highest BCUT2D eigenvalue weighted by Crippen LogP contribution is 2.29. The summed E-state index contributed by atoms with van der Waals surface area (Å²) in [7, 11) is 1.76. The number of likely N-dealkylation sites (tertiary alicyclic amines) is 1. The van der Waals surface area contributed by atoms with Gasteiger partial charge in [0.1, 0.15) is 0 Å². The van der Waals surface area contributed by atoms with Crippen LogP contribution < -0.4 is 5.32 Å². The van der Waals surface area contributed by atoms with Gasteiger partial charge in [0.05, 0.1) is 4.92 Å². The van der Waals surface area contributed by atoms with Gasteiger partial charge in [0, 0.05) is 54.7 Å². The Morgan fingerprint density at radius 2 is 1.96 bits per heavy atom. The predicted molar refractivity (Wildman–Crippen MR) is 109 cm³/mol. The Labute approximate surface area is 164 Å². The molecule has 0 saturated carbocycles. The SMILES string of the molecule is COCCCN1CCC(NCc2ccc(-c3ccc([N+](=O)[O-])cc3)s2)CC1. The van der Waals surface area contributed by atoms with Crippen LogP contribution in [0.1, 0.15) is 24.1 Å². The first-order valence-corrected chi connectivity index (χ1v) is 10.3. The number of methoxy groups -OCH3 is 1. The van der Waals surface area contributed by atoms with Gasteiger partial charge in [-0.15, -0.1) is 11.3 Å². The molecule has 7 heteroatoms. The van der Waals surface area contributed by atoms with Crippen LogP contribution in [-0.4, -0.2) is 49.2 Å². The zero-order valence-electron chi connectivity index (χ0n) is 15.7. The van der Waals surface area contributed by atoms with E-state index in [9.17, 15) is 10.1 Å². The molecule has 0 aliphatic carbocycles. The van der Waals surface area contributed by atoms with Crippen LogP contribution in [0, 0.1) is 10.1 Å². The number of ether oxygens (including phenoxy) is 1. The van der Waals surface area contributed by atoms with Crippen molar-refractivity contribution < 1.29 is 9.66 Å². The number of benzene rings is 1. The maximum Gasteiger partial charge on any atom is 0.269 e. The first-order valence-electron chi connectivity index (χ1n) is 9.44. The molecule has 3 rings (SSSR count). The van der Waals surface area contributed by atoms with Gasteiger partial charge >= 0.3 is 0 Å². The molecule has 1 fully saturated rings. The number of rotatable bonds is 9. The van der Waals surface area contributed by atoms with E-state index in [-0.39, 0.29) is 10.6 Å². The van der Waals surface area contributed by atoms with Gasteiger partial charge in [0.25, 0.3) is 5.69 Å². The molecule has 2 heterocycles. The van der Waals surface area contributed by atoms with Crippen molar-refractivity contribution in [1.82, 2.24) is 10.2 Å². The van der Waals surface area contributed by atoms with E-state index in [0.717, 1.165) is 49.6 Å². The molecule has 2 aromatic rings. The van der Waals surface area contributed by atoms with E-state index in [1.807, 2.05) is 12.1 Å². The molecule has 0 bridgehead atoms. The smallest absolute Gasteiger partial charge is 0.269 e. The third kappa shape index (κ3) is 5.84. The zero-order chi connectivity index (χ0) is 19.1. The van der Waals surface area contributed by atoms with Crippen molar-refractivity contribution in [3.63, 3.8) is 0 Å². The second kappa shape index (κ2) is 9.94. The molecule has 6 nitrogen and oxygen atoms in total. The van der Waals surface area contributed by atoms with Gasteiger partial charge in [0.15, 0.2) is 0 Å². The molecule has 1 aliphatic rings. The fraction of sp³-hybridized carbons (Fsp3) is 0.500. The summed E-state index contributed by atoms with van der Waals surface area (Å²) < 4.78 is 5.12. The van der Waals surface area contributed by atoms with E-state index in [4.69, 9.17) is 4.74 Å². The Hall–Kier alpha value is -1.80. The molecule has 1 aromatic carbocycles. The fourth-order valence-corrected chi connectivity index (χ4v) is 4.38. The first kappa shape index (κ1) is 19.9. The number of piperidine rings is 1. The monoisotopic (exact) mass is 389 g/mol. The van der Waals surface area contributed by atoms with Crippen LogP contribution in [-0.2, 0) is 11.3 Å². The van der Waals surface area contributed by atoms with Crippen molar-refractivity contribution in [1.29, 1.82) is 0 Å². The first-order chi connectivity index (χ1) is 13.2. The van der Waals surface area contributed by atoms with Gasteiger partial charge in [-0.1, -0.05) is 0 Å². The van der Waals surface area contributed by atoms with Crippen molar-refractivity contribution in [2.24, 2.45) is 0 Å². The molecule has 27 heavy (non-hydrogen) atoms. The number of hydrogen-bond donors (Lipinski definition) is 1. The molecule has 0 radical (unpaired) electrons. The molecular formula is C20H27N3O3S. The molecule has 1 N–H and O–H groups in total. The minimum absolute atomic E-state index is 0.130. The van der Waals surface area contributed by atoms with Gasteiger partial charge in [-0.3, -0.25) is 10.1 Å². The molecule has 1 aromatic heterocycles. The molecule has 1 saturated heterocycles. The summed E-state index contributed by atoms with van der Waals surface area (Å²) in [5.41, 5.74) is 1.16. The van der Waals surface area contributed by atoms with E-state index < -0.39 is 0 Å². The lowest BCUT2D eigenvalue weighted by Gasteiger charge is -2.32. The fourth-order valence-electron chi connectivity index (χ4n) is 3.41. The largest absolute Gasteiger partial charge is 0.385 e. The molecule has 0 unspecified atom stereocenters. The number of nitro groups is 1. The van der Waals surface area contributed by atoms with E-state index in [0.29, 0.717) is 6.04 Å². The third-order valence-corrected chi connectivity index (χ3v) is 6.13. The quantitative estimate of drug-likeness (QED) is 0.400. The summed E-state index contributed by atoms with van der Waals surface area (Å²) in [6.07, 6.45) is 3.48. The van der Waals surface area contributed by atoms with Gasteiger partial charge in [0.2, 0.25) is 0 Å². The average molecular weight is 390 g/mol. The molecule has 146 valence electrons. The van der Waals surface area contributed by atoms with E-state index in [1.54, 1.807) is 30.6 Å². The lowest BCUT2D eigenvalue weighted by molar-refractivity contribution is -0.384. The van der Waals surface area contributed by atoms with Gasteiger partial charge in [-0.05, 0) is 62.2 Å². The third-order valence-electron chi connectivity index (χ3n) is 5.00. The van der Waals surface area contributed by atoms with Crippen molar-refractivity contribution in [3.05, 3.63) is 51.4 Å². The molecule has 0 spiro atoms. The summed E-state index contributed by atoms with van der Waals surface area (Å²) >= 11 is 1.75. The highest BCUT2D eigenvalue weighted by Gasteiger charge is 2.18. The van der Waals surface area contributed by atoms with Gasteiger partial charge in [-0.2, -0.15) is 0 Å². The van der Waals surface area contributed by atoms with Crippen molar-refractivity contribution in [2.75, 3.05) is 33.4 Å². The zero-order valence-corrected chi connectivity index (χ0v) is 16.5. The Balaban J connectivity index is 1.44. The van der Waals surface area contributed by atoms with Crippen molar-refractivity contribution in [2.45, 2.75) is 31.8 Å². The molecular weight excluding hydrogens is 362 g/mol. The Bertz CT molecular complexity index is 724. The van der Waals surface area contributed by atoms with Crippen LogP contribution >= 0.6 is 11.3 Å². The van der Waals surface area contributed by atoms with E-state index in [2.05, 4.69) is 22.3 Å². The highest BCUT2D eigenvalue weighted by atomic mass is 32.1. The maximum absolute atomic E-state index is 10.8. The van der Waals surface area contributed by atoms with Crippen LogP contribution in [0.4, 0.5) is 5.69 Å². The Morgan fingerprint density at radius 1 is 1.22 bits per heavy atom. The number of nitrogens with zero attached hydrogens (tertiary/aromatic N) is 2. The summed E-state index contributed by atoms with van der Waals surface area (Å²) in [6.45, 7) is 5.16. The second-order valence-corrected chi connectivity index (χ2v) is 8.08. The number of nitro benzene ring substituents is 1. The van der Waals surface area contributed by atoms with Crippen LogP contribution in [0.25, 0.3) is 10.4 Å². The van der Waals surface area contributed by atoms with Crippen LogP contribution in [0.15, 0.2) is 36.4 Å². The number of non-ortho nitro benzene ring substituents is 1. The van der Waals surface area contributed by atoms with Crippen molar-refractivity contribution >= 4 is 17.0 Å². The van der Waals surface area contributed by atoms with Gasteiger partial charge < -0.3 is 15.0 Å². The lowest BCUT2D eigenvalue weighted by Crippen LogP contribution is -2.42. The van der Waals surface area contributed by atoms with Crippen LogP contribution in [0.2, 0.25) is 0 Å². The molecule has 0 amide bonds. The summed E-state index contributed by atoms with van der Waals surface area (Å²) in [5, 5.41) is 14.4. The average Bonchev–Trinajstić information content (AvgIpc) is 3.17. The molecule has 1 aliphatic heterocycles. The van der Waals surface area contributed by atoms with E-state index >= 15 is 0 Å². The van der Waals surface area contributed by atoms with Crippen LogP contribution in [0.5, 0.6) is 0 Å². The molecule has 0 atom stereocenters. The second-order valence-electron chi connectivity index (χ2n) is 6.91. The van der Waals surface area contributed by atoms with Crippen molar-refractivity contribution in [3.8, 4) is 10.4 Å². The standard InChI is InChI=1S/C20H27N3O3S/c1-26-14-2-11-22-12-9-17(10-13-22)21-15-19-7-8-20(27-19)16-3-5-18(6-4-16)23(24)25/h3-8,17,21H,2,9-15H2,1H3. The number of thiophene rings is 1. The highest BCUT2D eigenvalue weighted by molar-refractivity contribution is 7.15. The minimum Gasteiger partial charge on any atom is -0.385 e. The normalized spacial score (nSPS) is 15.9. The number of hydrogen-bond acceptors (Lipinski definition) is 6. The Morgan fingerprint density at radius 3 is 2.63 bits per heavy atom. The summed E-state index contributed by atoms with van der Waals surface area (Å²) in [6, 6.07) is 11.6.